The molecule has 96 valence electrons. The molecule has 0 aliphatic carbocycles. The number of nitrogens with one attached hydrogen (secondary N) is 2. The molecule has 0 bridgehead atoms. The summed E-state index contributed by atoms with van der Waals surface area (Å²) in [5.41, 5.74) is 0.552. The summed E-state index contributed by atoms with van der Waals surface area (Å²) in [7, 11) is 0. The summed E-state index contributed by atoms with van der Waals surface area (Å²) >= 11 is 5.73. The number of nitrogens with zero attached hydrogens (tertiary/aromatic N) is 1. The van der Waals surface area contributed by atoms with Crippen molar-refractivity contribution in [1.82, 2.24) is 10.6 Å². The van der Waals surface area contributed by atoms with E-state index in [-0.39, 0.29) is 17.6 Å². The van der Waals surface area contributed by atoms with Crippen LogP contribution in [0.3, 0.4) is 0 Å². The average molecular weight is 270 g/mol. The van der Waals surface area contributed by atoms with Crippen LogP contribution in [0.5, 0.6) is 0 Å². The Kier molecular flexibility index (Phi) is 3.78. The highest BCUT2D eigenvalue weighted by Gasteiger charge is 2.22. The molecule has 1 heterocycles. The van der Waals surface area contributed by atoms with Crippen LogP contribution in [-0.4, -0.2) is 23.4 Å². The molecule has 0 spiro atoms. The zero-order chi connectivity index (χ0) is 13.1. The summed E-state index contributed by atoms with van der Waals surface area (Å²) in [6.45, 7) is 0.896. The summed E-state index contributed by atoms with van der Waals surface area (Å²) in [5, 5.41) is 17.0. The van der Waals surface area contributed by atoms with Crippen molar-refractivity contribution in [2.75, 3.05) is 6.54 Å². The van der Waals surface area contributed by atoms with E-state index in [1.165, 1.54) is 6.07 Å². The third-order valence-electron chi connectivity index (χ3n) is 2.80. The van der Waals surface area contributed by atoms with Gasteiger partial charge in [-0.1, -0.05) is 11.6 Å². The number of halogens is 1. The van der Waals surface area contributed by atoms with Crippen molar-refractivity contribution < 1.29 is 9.72 Å². The van der Waals surface area contributed by atoms with Crippen molar-refractivity contribution >= 4 is 23.2 Å². The van der Waals surface area contributed by atoms with Crippen LogP contribution in [0.2, 0.25) is 5.02 Å². The Morgan fingerprint density at radius 3 is 2.94 bits per heavy atom. The second-order valence-electron chi connectivity index (χ2n) is 4.12. The van der Waals surface area contributed by atoms with Gasteiger partial charge in [0.05, 0.1) is 4.92 Å². The Bertz CT molecular complexity index is 492. The number of nitro groups is 1. The van der Waals surface area contributed by atoms with Gasteiger partial charge in [0.2, 0.25) is 5.91 Å². The standard InChI is InChI=1S/C11H12ClN3O3/c12-8-2-1-7(10(3-8)15(17)18)5-13-9-4-11(16)14-6-9/h1-3,9,13H,4-6H2,(H,14,16). The van der Waals surface area contributed by atoms with Crippen molar-refractivity contribution in [3.63, 3.8) is 0 Å². The minimum Gasteiger partial charge on any atom is -0.354 e. The first-order chi connectivity index (χ1) is 8.56. The lowest BCUT2D eigenvalue weighted by atomic mass is 10.1. The predicted octanol–water partition coefficient (Wildman–Crippen LogP) is 1.23. The van der Waals surface area contributed by atoms with Crippen molar-refractivity contribution in [2.45, 2.75) is 19.0 Å². The molecular weight excluding hydrogens is 258 g/mol. The maximum Gasteiger partial charge on any atom is 0.275 e. The summed E-state index contributed by atoms with van der Waals surface area (Å²) < 4.78 is 0. The summed E-state index contributed by atoms with van der Waals surface area (Å²) in [6.07, 6.45) is 0.404. The largest absolute Gasteiger partial charge is 0.354 e. The van der Waals surface area contributed by atoms with E-state index in [2.05, 4.69) is 10.6 Å². The topological polar surface area (TPSA) is 84.3 Å². The molecule has 1 aliphatic heterocycles. The summed E-state index contributed by atoms with van der Waals surface area (Å²) in [6, 6.07) is 4.59. The smallest absolute Gasteiger partial charge is 0.275 e. The van der Waals surface area contributed by atoms with Gasteiger partial charge >= 0.3 is 0 Å². The number of amides is 1. The minimum absolute atomic E-state index is 0.00175. The van der Waals surface area contributed by atoms with E-state index in [1.54, 1.807) is 12.1 Å². The molecule has 18 heavy (non-hydrogen) atoms. The van der Waals surface area contributed by atoms with Gasteiger partial charge in [-0.15, -0.1) is 0 Å². The Hall–Kier alpha value is -1.66. The maximum absolute atomic E-state index is 11.0. The lowest BCUT2D eigenvalue weighted by Gasteiger charge is -2.10. The van der Waals surface area contributed by atoms with Crippen molar-refractivity contribution in [1.29, 1.82) is 0 Å². The molecular formula is C11H12ClN3O3. The lowest BCUT2D eigenvalue weighted by Crippen LogP contribution is -2.30. The van der Waals surface area contributed by atoms with Crippen molar-refractivity contribution in [3.05, 3.63) is 38.9 Å². The minimum atomic E-state index is -0.457. The van der Waals surface area contributed by atoms with Gasteiger partial charge in [-0.3, -0.25) is 14.9 Å². The number of hydrogen-bond donors (Lipinski definition) is 2. The monoisotopic (exact) mass is 269 g/mol. The zero-order valence-corrected chi connectivity index (χ0v) is 10.2. The third-order valence-corrected chi connectivity index (χ3v) is 3.04. The number of rotatable bonds is 4. The Balaban J connectivity index is 2.04. The van der Waals surface area contributed by atoms with Crippen LogP contribution in [0.1, 0.15) is 12.0 Å². The highest BCUT2D eigenvalue weighted by Crippen LogP contribution is 2.23. The molecule has 1 aliphatic rings. The fraction of sp³-hybridized carbons (Fsp3) is 0.364. The molecule has 2 rings (SSSR count). The lowest BCUT2D eigenvalue weighted by molar-refractivity contribution is -0.385. The van der Waals surface area contributed by atoms with Crippen LogP contribution < -0.4 is 10.6 Å². The van der Waals surface area contributed by atoms with E-state index < -0.39 is 4.92 Å². The first kappa shape index (κ1) is 12.8. The van der Waals surface area contributed by atoms with Gasteiger partial charge in [-0.05, 0) is 12.1 Å². The molecule has 0 saturated carbocycles. The Morgan fingerprint density at radius 1 is 1.56 bits per heavy atom. The number of hydrogen-bond acceptors (Lipinski definition) is 4. The van der Waals surface area contributed by atoms with Crippen molar-refractivity contribution in [3.8, 4) is 0 Å². The van der Waals surface area contributed by atoms with Gasteiger partial charge in [0, 0.05) is 42.2 Å². The van der Waals surface area contributed by atoms with Crippen LogP contribution in [0, 0.1) is 10.1 Å². The quantitative estimate of drug-likeness (QED) is 0.636. The fourth-order valence-corrected chi connectivity index (χ4v) is 2.03. The van der Waals surface area contributed by atoms with Gasteiger partial charge in [-0.25, -0.2) is 0 Å². The van der Waals surface area contributed by atoms with Crippen LogP contribution in [0.4, 0.5) is 5.69 Å². The average Bonchev–Trinajstić information content (AvgIpc) is 2.73. The molecule has 1 aromatic rings. The zero-order valence-electron chi connectivity index (χ0n) is 9.48. The number of carbonyl (C=O) groups is 1. The van der Waals surface area contributed by atoms with E-state index in [0.717, 1.165) is 0 Å². The molecule has 1 aromatic carbocycles. The maximum atomic E-state index is 11.0. The predicted molar refractivity (Wildman–Crippen MR) is 66.4 cm³/mol. The summed E-state index contributed by atoms with van der Waals surface area (Å²) in [4.78, 5) is 21.4. The van der Waals surface area contributed by atoms with E-state index in [1.807, 2.05) is 0 Å². The van der Waals surface area contributed by atoms with Crippen LogP contribution in [-0.2, 0) is 11.3 Å². The van der Waals surface area contributed by atoms with E-state index >= 15 is 0 Å². The number of benzene rings is 1. The highest BCUT2D eigenvalue weighted by molar-refractivity contribution is 6.30. The van der Waals surface area contributed by atoms with Gasteiger partial charge < -0.3 is 10.6 Å². The van der Waals surface area contributed by atoms with E-state index in [4.69, 9.17) is 11.6 Å². The number of nitro benzene ring substituents is 1. The molecule has 2 N–H and O–H groups in total. The van der Waals surface area contributed by atoms with Gasteiger partial charge in [0.15, 0.2) is 0 Å². The highest BCUT2D eigenvalue weighted by atomic mass is 35.5. The Morgan fingerprint density at radius 2 is 2.33 bits per heavy atom. The molecule has 1 unspecified atom stereocenters. The molecule has 7 heteroatoms. The molecule has 6 nitrogen and oxygen atoms in total. The molecule has 1 amide bonds. The summed E-state index contributed by atoms with van der Waals surface area (Å²) in [5.74, 6) is -0.00175. The third kappa shape index (κ3) is 2.96. The molecule has 0 radical (unpaired) electrons. The van der Waals surface area contributed by atoms with Gasteiger partial charge in [0.25, 0.3) is 5.69 Å². The van der Waals surface area contributed by atoms with Crippen LogP contribution in [0.25, 0.3) is 0 Å². The first-order valence-corrected chi connectivity index (χ1v) is 5.87. The molecule has 1 fully saturated rings. The number of carbonyl (C=O) groups excluding carboxylic acids is 1. The van der Waals surface area contributed by atoms with Crippen LogP contribution >= 0.6 is 11.6 Å². The van der Waals surface area contributed by atoms with Gasteiger partial charge in [-0.2, -0.15) is 0 Å². The normalized spacial score (nSPS) is 18.7. The fourth-order valence-electron chi connectivity index (χ4n) is 1.86. The second kappa shape index (κ2) is 5.32. The molecule has 0 aromatic heterocycles. The SMILES string of the molecule is O=C1CC(NCc2ccc(Cl)cc2[N+](=O)[O-])CN1. The molecule has 1 saturated heterocycles. The van der Waals surface area contributed by atoms with Crippen molar-refractivity contribution in [2.24, 2.45) is 0 Å². The van der Waals surface area contributed by atoms with E-state index in [0.29, 0.717) is 30.1 Å². The second-order valence-corrected chi connectivity index (χ2v) is 4.55. The molecule has 1 atom stereocenters. The van der Waals surface area contributed by atoms with Crippen LogP contribution in [0.15, 0.2) is 18.2 Å². The Labute approximate surface area is 108 Å². The van der Waals surface area contributed by atoms with Gasteiger partial charge in [0.1, 0.15) is 0 Å². The van der Waals surface area contributed by atoms with E-state index in [9.17, 15) is 14.9 Å². The first-order valence-electron chi connectivity index (χ1n) is 5.49.